The molecule has 0 aliphatic heterocycles. The highest BCUT2D eigenvalue weighted by Gasteiger charge is 2.28. The lowest BCUT2D eigenvalue weighted by Gasteiger charge is -2.11. The molecule has 0 amide bonds. The highest BCUT2D eigenvalue weighted by atomic mass is 35.5. The van der Waals surface area contributed by atoms with Crippen molar-refractivity contribution in [2.45, 2.75) is 18.4 Å². The third-order valence-corrected chi connectivity index (χ3v) is 2.99. The fourth-order valence-electron chi connectivity index (χ4n) is 1.57. The van der Waals surface area contributed by atoms with Crippen molar-refractivity contribution in [3.63, 3.8) is 0 Å². The number of rotatable bonds is 6. The van der Waals surface area contributed by atoms with Gasteiger partial charge in [0.05, 0.1) is 5.56 Å². The first-order chi connectivity index (χ1) is 10.8. The third kappa shape index (κ3) is 4.79. The van der Waals surface area contributed by atoms with Crippen molar-refractivity contribution in [1.29, 1.82) is 0 Å². The first kappa shape index (κ1) is 17.0. The minimum absolute atomic E-state index is 0.113. The zero-order valence-corrected chi connectivity index (χ0v) is 12.6. The Labute approximate surface area is 135 Å². The number of nitrogens with zero attached hydrogens (tertiary/aromatic N) is 1. The van der Waals surface area contributed by atoms with Gasteiger partial charge in [-0.1, -0.05) is 0 Å². The number of alkyl halides is 3. The predicted molar refractivity (Wildman–Crippen MR) is 78.2 cm³/mol. The van der Waals surface area contributed by atoms with Crippen LogP contribution >= 0.6 is 11.6 Å². The first-order valence-corrected chi connectivity index (χ1v) is 6.84. The van der Waals surface area contributed by atoms with Gasteiger partial charge in [-0.15, -0.1) is 0 Å². The maximum absolute atomic E-state index is 12.8. The van der Waals surface area contributed by atoms with Crippen molar-refractivity contribution in [3.8, 4) is 17.4 Å². The van der Waals surface area contributed by atoms with Crippen LogP contribution in [-0.4, -0.2) is 22.2 Å². The topological polar surface area (TPSA) is 68.7 Å². The molecule has 8 heteroatoms. The van der Waals surface area contributed by atoms with Gasteiger partial charge in [0.2, 0.25) is 5.88 Å². The highest BCUT2D eigenvalue weighted by Crippen LogP contribution is 2.32. The Morgan fingerprint density at radius 3 is 2.30 bits per heavy atom. The number of halogens is 3. The number of benzene rings is 1. The zero-order valence-electron chi connectivity index (χ0n) is 11.9. The molecule has 1 N–H and O–H groups in total. The molecule has 5 nitrogen and oxygen atoms in total. The second-order valence-corrected chi connectivity index (χ2v) is 5.03. The summed E-state index contributed by atoms with van der Waals surface area (Å²) in [6.07, 6.45) is -0.0536. The quantitative estimate of drug-likeness (QED) is 0.802. The Hall–Kier alpha value is -2.41. The van der Waals surface area contributed by atoms with Crippen LogP contribution in [0.4, 0.5) is 8.78 Å². The van der Waals surface area contributed by atoms with Gasteiger partial charge in [0.25, 0.3) is 0 Å². The smallest absolute Gasteiger partial charge is 0.349 e. The molecule has 0 aliphatic carbocycles. The summed E-state index contributed by atoms with van der Waals surface area (Å²) in [5.74, 6) is -0.219. The lowest BCUT2D eigenvalue weighted by atomic mass is 10.3. The van der Waals surface area contributed by atoms with Crippen molar-refractivity contribution >= 4 is 17.6 Å². The van der Waals surface area contributed by atoms with Crippen LogP contribution in [0.3, 0.4) is 0 Å². The Kier molecular flexibility index (Phi) is 5.00. The van der Waals surface area contributed by atoms with Gasteiger partial charge >= 0.3 is 11.4 Å². The zero-order chi connectivity index (χ0) is 17.0. The van der Waals surface area contributed by atoms with Crippen molar-refractivity contribution < 1.29 is 28.2 Å². The molecule has 0 fully saturated rings. The molecular formula is C15H12ClF2NO4. The van der Waals surface area contributed by atoms with E-state index < -0.39 is 23.0 Å². The average Bonchev–Trinajstić information content (AvgIpc) is 2.49. The number of carbonyl (C=O) groups is 1. The normalized spacial score (nSPS) is 12.5. The second kappa shape index (κ2) is 6.78. The summed E-state index contributed by atoms with van der Waals surface area (Å²) >= 11 is 4.88. The molecule has 2 rings (SSSR count). The summed E-state index contributed by atoms with van der Waals surface area (Å²) in [6, 6.07) is 8.50. The Morgan fingerprint density at radius 2 is 1.83 bits per heavy atom. The van der Waals surface area contributed by atoms with Gasteiger partial charge in [-0.05, 0) is 48.9 Å². The van der Waals surface area contributed by atoms with Crippen LogP contribution < -0.4 is 9.47 Å². The number of aromatic nitrogens is 1. The molecule has 1 aromatic carbocycles. The highest BCUT2D eigenvalue weighted by molar-refractivity contribution is 6.21. The van der Waals surface area contributed by atoms with Gasteiger partial charge in [0, 0.05) is 12.3 Å². The predicted octanol–water partition coefficient (Wildman–Crippen LogP) is 4.01. The third-order valence-electron chi connectivity index (χ3n) is 2.77. The molecule has 0 bridgehead atoms. The first-order valence-electron chi connectivity index (χ1n) is 6.46. The van der Waals surface area contributed by atoms with E-state index in [1.807, 2.05) is 0 Å². The van der Waals surface area contributed by atoms with Crippen molar-refractivity contribution in [3.05, 3.63) is 48.2 Å². The largest absolute Gasteiger partial charge is 0.479 e. The van der Waals surface area contributed by atoms with Crippen LogP contribution in [0.5, 0.6) is 17.4 Å². The molecule has 0 saturated carbocycles. The Bertz CT molecular complexity index is 671. The van der Waals surface area contributed by atoms with Crippen LogP contribution in [0.1, 0.15) is 12.5 Å². The monoisotopic (exact) mass is 343 g/mol. The lowest BCUT2D eigenvalue weighted by Crippen LogP contribution is -2.22. The van der Waals surface area contributed by atoms with Gasteiger partial charge in [-0.3, -0.25) is 0 Å². The fourth-order valence-corrected chi connectivity index (χ4v) is 1.68. The molecule has 2 aromatic rings. The van der Waals surface area contributed by atoms with Crippen LogP contribution in [0.25, 0.3) is 0 Å². The average molecular weight is 344 g/mol. The van der Waals surface area contributed by atoms with Crippen LogP contribution in [0.15, 0.2) is 42.6 Å². The molecule has 1 aromatic heterocycles. The molecule has 0 spiro atoms. The minimum atomic E-state index is -3.48. The van der Waals surface area contributed by atoms with E-state index in [4.69, 9.17) is 26.2 Å². The summed E-state index contributed by atoms with van der Waals surface area (Å²) in [5.41, 5.74) is -0.432. The Balaban J connectivity index is 2.02. The SMILES string of the molecule is CC(Oc1ccc(Oc2ccc(C(F)(F)Cl)cn2)cc1)C(=O)O. The van der Waals surface area contributed by atoms with Crippen molar-refractivity contribution in [1.82, 2.24) is 4.98 Å². The number of ether oxygens (including phenoxy) is 2. The molecule has 122 valence electrons. The lowest BCUT2D eigenvalue weighted by molar-refractivity contribution is -0.144. The molecular weight excluding hydrogens is 332 g/mol. The van der Waals surface area contributed by atoms with E-state index in [1.54, 1.807) is 0 Å². The van der Waals surface area contributed by atoms with Gasteiger partial charge in [-0.25, -0.2) is 9.78 Å². The maximum atomic E-state index is 12.8. The van der Waals surface area contributed by atoms with Crippen LogP contribution in [0, 0.1) is 0 Å². The Morgan fingerprint density at radius 1 is 1.22 bits per heavy atom. The number of aliphatic carboxylic acids is 1. The van der Waals surface area contributed by atoms with Gasteiger partial charge in [0.15, 0.2) is 6.10 Å². The minimum Gasteiger partial charge on any atom is -0.479 e. The van der Waals surface area contributed by atoms with Gasteiger partial charge in [-0.2, -0.15) is 8.78 Å². The standard InChI is InChI=1S/C15H12ClF2NO4/c1-9(14(20)21)22-11-3-5-12(6-4-11)23-13-7-2-10(8-19-13)15(16,17)18/h2-9H,1H3,(H,20,21). The number of carboxylic acid groups (broad SMARTS) is 1. The van der Waals surface area contributed by atoms with E-state index in [0.717, 1.165) is 12.3 Å². The fraction of sp³-hybridized carbons (Fsp3) is 0.200. The van der Waals surface area contributed by atoms with Gasteiger partial charge < -0.3 is 14.6 Å². The van der Waals surface area contributed by atoms with E-state index >= 15 is 0 Å². The molecule has 1 heterocycles. The van der Waals surface area contributed by atoms with E-state index in [-0.39, 0.29) is 5.88 Å². The summed E-state index contributed by atoms with van der Waals surface area (Å²) in [4.78, 5) is 14.4. The van der Waals surface area contributed by atoms with Crippen molar-refractivity contribution in [2.75, 3.05) is 0 Å². The summed E-state index contributed by atoms with van der Waals surface area (Å²) in [5, 5.41) is 5.27. The van der Waals surface area contributed by atoms with Gasteiger partial charge in [0.1, 0.15) is 11.5 Å². The summed E-state index contributed by atoms with van der Waals surface area (Å²) in [7, 11) is 0. The van der Waals surface area contributed by atoms with E-state index in [9.17, 15) is 13.6 Å². The summed E-state index contributed by atoms with van der Waals surface area (Å²) in [6.45, 7) is 1.41. The number of pyridine rings is 1. The number of hydrogen-bond acceptors (Lipinski definition) is 4. The number of carboxylic acids is 1. The van der Waals surface area contributed by atoms with E-state index in [2.05, 4.69) is 4.98 Å². The summed E-state index contributed by atoms with van der Waals surface area (Å²) < 4.78 is 36.2. The number of hydrogen-bond donors (Lipinski definition) is 1. The maximum Gasteiger partial charge on any atom is 0.349 e. The van der Waals surface area contributed by atoms with Crippen molar-refractivity contribution in [2.24, 2.45) is 0 Å². The van der Waals surface area contributed by atoms with E-state index in [1.165, 1.54) is 37.3 Å². The molecule has 23 heavy (non-hydrogen) atoms. The molecule has 0 radical (unpaired) electrons. The second-order valence-electron chi connectivity index (χ2n) is 4.55. The van der Waals surface area contributed by atoms with Crippen LogP contribution in [-0.2, 0) is 10.2 Å². The molecule has 0 saturated heterocycles. The molecule has 0 aliphatic rings. The van der Waals surface area contributed by atoms with E-state index in [0.29, 0.717) is 11.5 Å². The molecule has 1 atom stereocenters. The van der Waals surface area contributed by atoms with Crippen LogP contribution in [0.2, 0.25) is 0 Å². The molecule has 1 unspecified atom stereocenters.